The fourth-order valence-corrected chi connectivity index (χ4v) is 2.30. The van der Waals surface area contributed by atoms with Gasteiger partial charge in [-0.1, -0.05) is 12.1 Å². The summed E-state index contributed by atoms with van der Waals surface area (Å²) in [6.07, 6.45) is 6.18. The lowest BCUT2D eigenvalue weighted by Gasteiger charge is -2.22. The number of hydrogen-bond acceptors (Lipinski definition) is 4. The fraction of sp³-hybridized carbons (Fsp3) is 0.286. The number of halogens is 1. The van der Waals surface area contributed by atoms with Crippen LogP contribution in [0.3, 0.4) is 0 Å². The van der Waals surface area contributed by atoms with Crippen LogP contribution in [0, 0.1) is 3.57 Å². The van der Waals surface area contributed by atoms with E-state index in [4.69, 9.17) is 5.73 Å². The quantitative estimate of drug-likeness (QED) is 0.668. The first-order valence-corrected chi connectivity index (χ1v) is 7.39. The highest BCUT2D eigenvalue weighted by Crippen LogP contribution is 2.31. The molecular formula is C14H15IN4. The summed E-state index contributed by atoms with van der Waals surface area (Å²) < 4.78 is 1.06. The Morgan fingerprint density at radius 3 is 2.37 bits per heavy atom. The van der Waals surface area contributed by atoms with E-state index in [1.54, 1.807) is 0 Å². The molecule has 0 amide bonds. The molecule has 0 radical (unpaired) electrons. The Labute approximate surface area is 126 Å². The number of benzene rings is 1. The Hall–Kier alpha value is -1.37. The summed E-state index contributed by atoms with van der Waals surface area (Å²) in [5.41, 5.74) is 7.76. The van der Waals surface area contributed by atoms with E-state index >= 15 is 0 Å². The van der Waals surface area contributed by atoms with Crippen molar-refractivity contribution in [3.8, 4) is 0 Å². The third-order valence-corrected chi connectivity index (χ3v) is 3.74. The zero-order valence-corrected chi connectivity index (χ0v) is 12.6. The predicted octanol–water partition coefficient (Wildman–Crippen LogP) is 2.83. The minimum Gasteiger partial charge on any atom is -0.399 e. The van der Waals surface area contributed by atoms with Crippen LogP contribution in [0.5, 0.6) is 0 Å². The monoisotopic (exact) mass is 366 g/mol. The Balaban J connectivity index is 1.81. The zero-order valence-electron chi connectivity index (χ0n) is 10.5. The summed E-state index contributed by atoms with van der Waals surface area (Å²) in [5, 5.41) is 0. The van der Waals surface area contributed by atoms with Crippen molar-refractivity contribution < 1.29 is 0 Å². The molecule has 98 valence electrons. The van der Waals surface area contributed by atoms with Gasteiger partial charge in [0.25, 0.3) is 0 Å². The van der Waals surface area contributed by atoms with Gasteiger partial charge in [-0.2, -0.15) is 0 Å². The van der Waals surface area contributed by atoms with Crippen LogP contribution in [-0.4, -0.2) is 16.0 Å². The number of aromatic nitrogens is 2. The molecule has 0 bridgehead atoms. The first-order valence-electron chi connectivity index (χ1n) is 6.31. The van der Waals surface area contributed by atoms with Crippen LogP contribution in [0.1, 0.15) is 18.4 Å². The average molecular weight is 366 g/mol. The maximum absolute atomic E-state index is 5.72. The summed E-state index contributed by atoms with van der Waals surface area (Å²) in [7, 11) is 0. The van der Waals surface area contributed by atoms with Crippen LogP contribution in [-0.2, 0) is 6.54 Å². The Bertz CT molecular complexity index is 549. The number of anilines is 2. The van der Waals surface area contributed by atoms with Crippen LogP contribution in [0.25, 0.3) is 0 Å². The van der Waals surface area contributed by atoms with Crippen molar-refractivity contribution in [1.82, 2.24) is 9.97 Å². The van der Waals surface area contributed by atoms with Gasteiger partial charge in [0.2, 0.25) is 5.95 Å². The summed E-state index contributed by atoms with van der Waals surface area (Å²) in [5.74, 6) is 0.819. The van der Waals surface area contributed by atoms with Crippen LogP contribution < -0.4 is 10.6 Å². The van der Waals surface area contributed by atoms with Gasteiger partial charge in [0.15, 0.2) is 0 Å². The number of nitrogens with zero attached hydrogens (tertiary/aromatic N) is 3. The maximum atomic E-state index is 5.72. The highest BCUT2D eigenvalue weighted by atomic mass is 127. The second kappa shape index (κ2) is 5.32. The van der Waals surface area contributed by atoms with E-state index in [2.05, 4.69) is 49.6 Å². The van der Waals surface area contributed by atoms with Crippen molar-refractivity contribution in [3.63, 3.8) is 0 Å². The van der Waals surface area contributed by atoms with Crippen molar-refractivity contribution >= 4 is 34.2 Å². The zero-order chi connectivity index (χ0) is 13.2. The molecule has 1 aliphatic carbocycles. The van der Waals surface area contributed by atoms with E-state index in [0.29, 0.717) is 6.04 Å². The molecule has 3 rings (SSSR count). The molecule has 1 saturated carbocycles. The summed E-state index contributed by atoms with van der Waals surface area (Å²) >= 11 is 2.22. The molecule has 0 unspecified atom stereocenters. The van der Waals surface area contributed by atoms with E-state index in [0.717, 1.165) is 21.8 Å². The van der Waals surface area contributed by atoms with Crippen molar-refractivity contribution in [1.29, 1.82) is 0 Å². The minimum atomic E-state index is 0.581. The topological polar surface area (TPSA) is 55.0 Å². The lowest BCUT2D eigenvalue weighted by molar-refractivity contribution is 0.757. The number of hydrogen-bond donors (Lipinski definition) is 1. The molecule has 1 aliphatic rings. The molecule has 4 nitrogen and oxygen atoms in total. The molecule has 19 heavy (non-hydrogen) atoms. The van der Waals surface area contributed by atoms with E-state index in [-0.39, 0.29) is 0 Å². The van der Waals surface area contributed by atoms with Crippen LogP contribution >= 0.6 is 22.6 Å². The number of nitrogens with two attached hydrogens (primary N) is 1. The molecule has 0 spiro atoms. The summed E-state index contributed by atoms with van der Waals surface area (Å²) in [6, 6.07) is 8.59. The van der Waals surface area contributed by atoms with Crippen molar-refractivity contribution in [2.24, 2.45) is 0 Å². The van der Waals surface area contributed by atoms with Gasteiger partial charge in [-0.3, -0.25) is 0 Å². The largest absolute Gasteiger partial charge is 0.399 e. The molecule has 2 N–H and O–H groups in total. The Morgan fingerprint density at radius 2 is 1.79 bits per heavy atom. The molecular weight excluding hydrogens is 351 g/mol. The van der Waals surface area contributed by atoms with Crippen molar-refractivity contribution in [2.75, 3.05) is 10.6 Å². The highest BCUT2D eigenvalue weighted by Gasteiger charge is 2.30. The number of rotatable bonds is 4. The number of nitrogen functional groups attached to an aromatic ring is 1. The van der Waals surface area contributed by atoms with Crippen molar-refractivity contribution in [2.45, 2.75) is 25.4 Å². The standard InChI is InChI=1S/C14H15IN4/c15-11-7-17-14(18-8-11)19(13-5-6-13)9-10-1-3-12(16)4-2-10/h1-4,7-8,13H,5-6,9,16H2. The van der Waals surface area contributed by atoms with Gasteiger partial charge in [0.1, 0.15) is 0 Å². The second-order valence-corrected chi connectivity index (χ2v) is 6.05. The molecule has 2 aromatic rings. The summed E-state index contributed by atoms with van der Waals surface area (Å²) in [6.45, 7) is 0.839. The van der Waals surface area contributed by atoms with Gasteiger partial charge in [0.05, 0.1) is 0 Å². The van der Waals surface area contributed by atoms with Crippen molar-refractivity contribution in [3.05, 3.63) is 45.8 Å². The van der Waals surface area contributed by atoms with Crippen LogP contribution in [0.2, 0.25) is 0 Å². The van der Waals surface area contributed by atoms with Gasteiger partial charge in [-0.15, -0.1) is 0 Å². The van der Waals surface area contributed by atoms with E-state index in [1.807, 2.05) is 24.5 Å². The van der Waals surface area contributed by atoms with Gasteiger partial charge in [0, 0.05) is 34.2 Å². The van der Waals surface area contributed by atoms with Gasteiger partial charge < -0.3 is 10.6 Å². The second-order valence-electron chi connectivity index (χ2n) is 4.80. The average Bonchev–Trinajstić information content (AvgIpc) is 3.24. The SMILES string of the molecule is Nc1ccc(CN(c2ncc(I)cn2)C2CC2)cc1. The van der Waals surface area contributed by atoms with Crippen LogP contribution in [0.4, 0.5) is 11.6 Å². The highest BCUT2D eigenvalue weighted by molar-refractivity contribution is 14.1. The molecule has 1 aromatic carbocycles. The lowest BCUT2D eigenvalue weighted by Crippen LogP contribution is -2.27. The van der Waals surface area contributed by atoms with Crippen LogP contribution in [0.15, 0.2) is 36.7 Å². The van der Waals surface area contributed by atoms with Gasteiger partial charge >= 0.3 is 0 Å². The molecule has 1 fully saturated rings. The van der Waals surface area contributed by atoms with Gasteiger partial charge in [-0.05, 0) is 53.1 Å². The van der Waals surface area contributed by atoms with E-state index in [1.165, 1.54) is 18.4 Å². The fourth-order valence-electron chi connectivity index (χ4n) is 2.02. The normalized spacial score (nSPS) is 14.4. The van der Waals surface area contributed by atoms with Gasteiger partial charge in [-0.25, -0.2) is 9.97 Å². The first kappa shape index (κ1) is 12.7. The Kier molecular flexibility index (Phi) is 3.54. The third-order valence-electron chi connectivity index (χ3n) is 3.18. The Morgan fingerprint density at radius 1 is 1.16 bits per heavy atom. The molecule has 5 heteroatoms. The molecule has 1 heterocycles. The molecule has 0 saturated heterocycles. The third kappa shape index (κ3) is 3.15. The lowest BCUT2D eigenvalue weighted by atomic mass is 10.2. The molecule has 0 aliphatic heterocycles. The molecule has 1 aromatic heterocycles. The summed E-state index contributed by atoms with van der Waals surface area (Å²) in [4.78, 5) is 11.2. The smallest absolute Gasteiger partial charge is 0.225 e. The van der Waals surface area contributed by atoms with E-state index in [9.17, 15) is 0 Å². The predicted molar refractivity (Wildman–Crippen MR) is 84.8 cm³/mol. The molecule has 0 atom stereocenters. The maximum Gasteiger partial charge on any atom is 0.225 e. The minimum absolute atomic E-state index is 0.581. The first-order chi connectivity index (χ1) is 9.22. The van der Waals surface area contributed by atoms with E-state index < -0.39 is 0 Å².